The van der Waals surface area contributed by atoms with E-state index in [1.807, 2.05) is 12.1 Å². The zero-order chi connectivity index (χ0) is 17.9. The van der Waals surface area contributed by atoms with Gasteiger partial charge in [-0.2, -0.15) is 5.10 Å². The summed E-state index contributed by atoms with van der Waals surface area (Å²) in [6.07, 6.45) is 6.71. The number of nitrogens with zero attached hydrogens (tertiary/aromatic N) is 5. The Hall–Kier alpha value is -2.65. The average molecular weight is 415 g/mol. The first kappa shape index (κ1) is 16.8. The average Bonchev–Trinajstić information content (AvgIpc) is 3.13. The molecule has 3 aromatic heterocycles. The first-order chi connectivity index (χ1) is 12.7. The van der Waals surface area contributed by atoms with Crippen LogP contribution in [0.3, 0.4) is 0 Å². The zero-order valence-corrected chi connectivity index (χ0v) is 15.2. The molecule has 2 atom stereocenters. The predicted molar refractivity (Wildman–Crippen MR) is 98.7 cm³/mol. The lowest BCUT2D eigenvalue weighted by Gasteiger charge is -2.20. The van der Waals surface area contributed by atoms with Crippen molar-refractivity contribution in [2.24, 2.45) is 0 Å². The van der Waals surface area contributed by atoms with E-state index < -0.39 is 0 Å². The molecule has 26 heavy (non-hydrogen) atoms. The van der Waals surface area contributed by atoms with Crippen LogP contribution in [0.5, 0.6) is 0 Å². The van der Waals surface area contributed by atoms with E-state index in [1.54, 1.807) is 30.9 Å². The number of nitrogens with one attached hydrogen (secondary N) is 1. The Morgan fingerprint density at radius 3 is 2.65 bits per heavy atom. The van der Waals surface area contributed by atoms with Crippen molar-refractivity contribution in [2.75, 3.05) is 18.5 Å². The second kappa shape index (κ2) is 7.30. The van der Waals surface area contributed by atoms with Gasteiger partial charge in [0.25, 0.3) is 5.56 Å². The lowest BCUT2D eigenvalue weighted by atomic mass is 10.1. The van der Waals surface area contributed by atoms with E-state index in [0.717, 1.165) is 10.0 Å². The summed E-state index contributed by atoms with van der Waals surface area (Å²) in [6, 6.07) is 6.53. The molecule has 0 aromatic carbocycles. The first-order valence-corrected chi connectivity index (χ1v) is 8.82. The van der Waals surface area contributed by atoms with E-state index in [2.05, 4.69) is 41.3 Å². The van der Waals surface area contributed by atoms with Gasteiger partial charge in [0.1, 0.15) is 6.04 Å². The number of rotatable bonds is 4. The molecule has 3 aromatic rings. The number of aromatic nitrogens is 5. The highest BCUT2D eigenvalue weighted by Gasteiger charge is 2.32. The van der Waals surface area contributed by atoms with Crippen LogP contribution in [0.2, 0.25) is 0 Å². The third-order valence-electron chi connectivity index (χ3n) is 4.10. The molecule has 1 N–H and O–H groups in total. The molecule has 4 rings (SSSR count). The van der Waals surface area contributed by atoms with Crippen molar-refractivity contribution in [1.29, 1.82) is 0 Å². The number of hydrogen-bond donors (Lipinski definition) is 1. The molecule has 8 nitrogen and oxygen atoms in total. The molecule has 1 fully saturated rings. The van der Waals surface area contributed by atoms with E-state index in [4.69, 9.17) is 4.74 Å². The van der Waals surface area contributed by atoms with Crippen molar-refractivity contribution in [3.8, 4) is 11.3 Å². The summed E-state index contributed by atoms with van der Waals surface area (Å²) in [7, 11) is 0. The Kier molecular flexibility index (Phi) is 4.72. The van der Waals surface area contributed by atoms with E-state index in [-0.39, 0.29) is 17.6 Å². The normalized spacial score (nSPS) is 19.4. The molecule has 1 aliphatic rings. The summed E-state index contributed by atoms with van der Waals surface area (Å²) in [6.45, 7) is 0.832. The topological polar surface area (TPSA) is 94.8 Å². The van der Waals surface area contributed by atoms with Gasteiger partial charge in [-0.3, -0.25) is 9.78 Å². The Morgan fingerprint density at radius 1 is 1.12 bits per heavy atom. The van der Waals surface area contributed by atoms with Crippen LogP contribution in [0, 0.1) is 0 Å². The SMILES string of the molecule is O=c1ccc(-c2ccncc2)nn1C1COCC1Nc1ncc(Br)cn1. The van der Waals surface area contributed by atoms with Crippen LogP contribution in [0.15, 0.2) is 58.3 Å². The van der Waals surface area contributed by atoms with Gasteiger partial charge in [0.05, 0.1) is 29.4 Å². The first-order valence-electron chi connectivity index (χ1n) is 8.03. The highest BCUT2D eigenvalue weighted by molar-refractivity contribution is 9.10. The molecular weight excluding hydrogens is 400 g/mol. The summed E-state index contributed by atoms with van der Waals surface area (Å²) >= 11 is 3.31. The quantitative estimate of drug-likeness (QED) is 0.696. The summed E-state index contributed by atoms with van der Waals surface area (Å²) in [5.74, 6) is 0.479. The lowest BCUT2D eigenvalue weighted by molar-refractivity contribution is 0.183. The Bertz CT molecular complexity index is 947. The Morgan fingerprint density at radius 2 is 1.88 bits per heavy atom. The van der Waals surface area contributed by atoms with Gasteiger partial charge in [-0.05, 0) is 34.1 Å². The number of pyridine rings is 1. The van der Waals surface area contributed by atoms with Gasteiger partial charge in [0, 0.05) is 36.4 Å². The zero-order valence-electron chi connectivity index (χ0n) is 13.6. The summed E-state index contributed by atoms with van der Waals surface area (Å²) in [5.41, 5.74) is 1.42. The number of halogens is 1. The van der Waals surface area contributed by atoms with Gasteiger partial charge >= 0.3 is 0 Å². The number of ether oxygens (including phenoxy) is 1. The molecule has 0 amide bonds. The molecule has 0 bridgehead atoms. The number of hydrogen-bond acceptors (Lipinski definition) is 7. The largest absolute Gasteiger partial charge is 0.377 e. The van der Waals surface area contributed by atoms with Gasteiger partial charge < -0.3 is 10.1 Å². The summed E-state index contributed by atoms with van der Waals surface area (Å²) in [4.78, 5) is 24.8. The van der Waals surface area contributed by atoms with Crippen molar-refractivity contribution in [3.63, 3.8) is 0 Å². The minimum absolute atomic E-state index is 0.158. The van der Waals surface area contributed by atoms with Gasteiger partial charge in [0.2, 0.25) is 5.95 Å². The van der Waals surface area contributed by atoms with Crippen molar-refractivity contribution >= 4 is 21.9 Å². The molecule has 0 spiro atoms. The van der Waals surface area contributed by atoms with Crippen LogP contribution in [-0.2, 0) is 4.74 Å². The van der Waals surface area contributed by atoms with Crippen molar-refractivity contribution in [2.45, 2.75) is 12.1 Å². The van der Waals surface area contributed by atoms with Crippen molar-refractivity contribution in [1.82, 2.24) is 24.7 Å². The van der Waals surface area contributed by atoms with E-state index in [9.17, 15) is 4.79 Å². The second-order valence-corrected chi connectivity index (χ2v) is 6.73. The summed E-state index contributed by atoms with van der Waals surface area (Å²) < 4.78 is 7.85. The molecule has 132 valence electrons. The predicted octanol–water partition coefficient (Wildman–Crippen LogP) is 1.91. The summed E-state index contributed by atoms with van der Waals surface area (Å²) in [5, 5.41) is 7.76. The Labute approximate surface area is 157 Å². The molecule has 9 heteroatoms. The van der Waals surface area contributed by atoms with Crippen LogP contribution in [0.4, 0.5) is 5.95 Å². The monoisotopic (exact) mass is 414 g/mol. The molecule has 0 saturated carbocycles. The fraction of sp³-hybridized carbons (Fsp3) is 0.235. The minimum Gasteiger partial charge on any atom is -0.377 e. The molecule has 1 aliphatic heterocycles. The smallest absolute Gasteiger partial charge is 0.267 e. The van der Waals surface area contributed by atoms with E-state index >= 15 is 0 Å². The van der Waals surface area contributed by atoms with Crippen LogP contribution in [0.1, 0.15) is 6.04 Å². The third kappa shape index (κ3) is 3.49. The molecular formula is C17H15BrN6O2. The van der Waals surface area contributed by atoms with E-state index in [1.165, 1.54) is 10.7 Å². The molecule has 0 radical (unpaired) electrons. The van der Waals surface area contributed by atoms with Crippen molar-refractivity contribution < 1.29 is 4.74 Å². The minimum atomic E-state index is -0.253. The van der Waals surface area contributed by atoms with Gasteiger partial charge in [-0.25, -0.2) is 14.6 Å². The molecule has 1 saturated heterocycles. The van der Waals surface area contributed by atoms with Crippen LogP contribution < -0.4 is 10.9 Å². The maximum atomic E-state index is 12.4. The van der Waals surface area contributed by atoms with Crippen LogP contribution in [-0.4, -0.2) is 44.0 Å². The maximum Gasteiger partial charge on any atom is 0.267 e. The molecule has 0 aliphatic carbocycles. The maximum absolute atomic E-state index is 12.4. The van der Waals surface area contributed by atoms with Crippen molar-refractivity contribution in [3.05, 3.63) is 63.9 Å². The van der Waals surface area contributed by atoms with Crippen LogP contribution >= 0.6 is 15.9 Å². The molecule has 2 unspecified atom stereocenters. The molecule has 4 heterocycles. The second-order valence-electron chi connectivity index (χ2n) is 5.82. The van der Waals surface area contributed by atoms with Gasteiger partial charge in [-0.15, -0.1) is 0 Å². The fourth-order valence-corrected chi connectivity index (χ4v) is 3.02. The van der Waals surface area contributed by atoms with Crippen LogP contribution in [0.25, 0.3) is 11.3 Å². The standard InChI is InChI=1S/C17H15BrN6O2/c18-12-7-20-17(21-8-12)22-14-9-26-10-15(14)24-16(25)2-1-13(23-24)11-3-5-19-6-4-11/h1-8,14-15H,9-10H2,(H,20,21,22). The third-order valence-corrected chi connectivity index (χ3v) is 4.51. The van der Waals surface area contributed by atoms with Gasteiger partial charge in [0.15, 0.2) is 0 Å². The highest BCUT2D eigenvalue weighted by Crippen LogP contribution is 2.22. The fourth-order valence-electron chi connectivity index (χ4n) is 2.81. The lowest BCUT2D eigenvalue weighted by Crippen LogP contribution is -2.37. The Balaban J connectivity index is 1.63. The number of anilines is 1. The van der Waals surface area contributed by atoms with Gasteiger partial charge in [-0.1, -0.05) is 0 Å². The highest BCUT2D eigenvalue weighted by atomic mass is 79.9. The van der Waals surface area contributed by atoms with E-state index in [0.29, 0.717) is 24.9 Å².